The van der Waals surface area contributed by atoms with Gasteiger partial charge in [-0.3, -0.25) is 12.5 Å². The second-order valence-corrected chi connectivity index (χ2v) is 19.3. The van der Waals surface area contributed by atoms with Crippen LogP contribution in [-0.4, -0.2) is 57.2 Å². The minimum Gasteiger partial charge on any atom is -0.726 e. The van der Waals surface area contributed by atoms with E-state index in [0.29, 0.717) is 23.2 Å². The zero-order chi connectivity index (χ0) is 34.5. The van der Waals surface area contributed by atoms with E-state index in [1.54, 1.807) is 6.92 Å². The third kappa shape index (κ3) is 9.32. The fraction of sp³-hybridized carbons (Fsp3) is 0.935. The Bertz CT molecular complexity index is 1570. The summed E-state index contributed by atoms with van der Waals surface area (Å²) in [5, 5.41) is 0. The summed E-state index contributed by atoms with van der Waals surface area (Å²) >= 11 is 0. The van der Waals surface area contributed by atoms with Crippen LogP contribution in [0.15, 0.2) is 11.6 Å². The molecule has 0 aromatic heterocycles. The normalized spacial score (nSPS) is 42.3. The van der Waals surface area contributed by atoms with Crippen molar-refractivity contribution in [1.82, 2.24) is 0 Å². The van der Waals surface area contributed by atoms with E-state index >= 15 is 0 Å². The average molecular weight is 779 g/mol. The van der Waals surface area contributed by atoms with E-state index in [2.05, 4.69) is 51.8 Å². The molecule has 0 radical (unpaired) electrons. The van der Waals surface area contributed by atoms with Gasteiger partial charge in [0.25, 0.3) is 0 Å². The van der Waals surface area contributed by atoms with Crippen molar-refractivity contribution in [2.24, 2.45) is 57.2 Å². The first-order chi connectivity index (χ1) is 20.9. The molecule has 0 aromatic rings. The Morgan fingerprint density at radius 2 is 1.31 bits per heavy atom. The van der Waals surface area contributed by atoms with Gasteiger partial charge in [-0.2, -0.15) is 0 Å². The molecular formula is C31H49Na3O12S3. The van der Waals surface area contributed by atoms with E-state index < -0.39 is 60.8 Å². The van der Waals surface area contributed by atoms with Gasteiger partial charge in [0, 0.05) is 0 Å². The smallest absolute Gasteiger partial charge is 0.726 e. The molecule has 12 nitrogen and oxygen atoms in total. The van der Waals surface area contributed by atoms with Crippen molar-refractivity contribution >= 4 is 31.2 Å². The number of hydrogen-bond donors (Lipinski definition) is 0. The van der Waals surface area contributed by atoms with Gasteiger partial charge in [0.15, 0.2) is 0 Å². The van der Waals surface area contributed by atoms with E-state index in [0.717, 1.165) is 37.2 Å². The van der Waals surface area contributed by atoms with Gasteiger partial charge in [0.1, 0.15) is 12.2 Å². The first kappa shape index (κ1) is 47.5. The molecular weight excluding hydrogens is 730 g/mol. The number of fused-ring (bicyclic) bond motifs is 5. The third-order valence-electron chi connectivity index (χ3n) is 14.0. The molecule has 0 amide bonds. The standard InChI is InChI=1S/C31H52O12S3.3Na/c1-18(2)31(16-20(31)4)13-8-19(3)21-9-11-30(7)23-14-25(41-44(32,33)34)24-15-26(42-45(35,36)37)27(43-46(38,39)40)17-28(24,5)22(23)10-12-29(21,30)6;;;/h10,18-21,23-27H,8-9,11-17H2,1-7H3,(H,32,33,34)(H,35,36,37)(H,38,39,40);;;/q;3*+1/p-3/t19?,20?,21-,23-,24-,25+,26+,27+,28-,29-,30+,31?;;;/m1.../s1. The molecule has 0 aliphatic heterocycles. The van der Waals surface area contributed by atoms with Crippen LogP contribution in [0.4, 0.5) is 0 Å². The monoisotopic (exact) mass is 778 g/mol. The zero-order valence-corrected chi connectivity index (χ0v) is 39.2. The van der Waals surface area contributed by atoms with Gasteiger partial charge >= 0.3 is 88.7 Å². The third-order valence-corrected chi connectivity index (χ3v) is 15.5. The molecule has 49 heavy (non-hydrogen) atoms. The van der Waals surface area contributed by atoms with Crippen LogP contribution in [-0.2, 0) is 43.7 Å². The largest absolute Gasteiger partial charge is 1.00 e. The molecule has 18 heteroatoms. The van der Waals surface area contributed by atoms with E-state index in [1.807, 2.05) is 0 Å². The Morgan fingerprint density at radius 1 is 0.796 bits per heavy atom. The summed E-state index contributed by atoms with van der Waals surface area (Å²) in [5.74, 6) is 1.11. The Morgan fingerprint density at radius 3 is 1.80 bits per heavy atom. The number of allylic oxidation sites excluding steroid dienone is 2. The molecule has 5 rings (SSSR count). The summed E-state index contributed by atoms with van der Waals surface area (Å²) in [4.78, 5) is 0. The van der Waals surface area contributed by atoms with Crippen LogP contribution in [0, 0.1) is 57.2 Å². The van der Waals surface area contributed by atoms with Crippen LogP contribution < -0.4 is 88.7 Å². The Hall–Kier alpha value is 2.35. The van der Waals surface area contributed by atoms with Crippen molar-refractivity contribution in [3.05, 3.63) is 11.6 Å². The molecule has 0 saturated heterocycles. The number of rotatable bonds is 11. The maximum absolute atomic E-state index is 12.0. The first-order valence-electron chi connectivity index (χ1n) is 16.5. The molecule has 4 saturated carbocycles. The van der Waals surface area contributed by atoms with E-state index in [1.165, 1.54) is 12.8 Å². The molecule has 0 heterocycles. The Kier molecular flexibility index (Phi) is 15.6. The van der Waals surface area contributed by atoms with Gasteiger partial charge in [-0.25, -0.2) is 25.3 Å². The van der Waals surface area contributed by atoms with Crippen molar-refractivity contribution in [3.63, 3.8) is 0 Å². The minimum absolute atomic E-state index is 0. The van der Waals surface area contributed by atoms with E-state index in [-0.39, 0.29) is 125 Å². The van der Waals surface area contributed by atoms with Crippen molar-refractivity contribution < 1.29 is 140 Å². The van der Waals surface area contributed by atoms with Gasteiger partial charge in [-0.1, -0.05) is 60.1 Å². The molecule has 0 aromatic carbocycles. The summed E-state index contributed by atoms with van der Waals surface area (Å²) in [5.41, 5.74) is -0.203. The summed E-state index contributed by atoms with van der Waals surface area (Å²) in [7, 11) is -15.9. The fourth-order valence-electron chi connectivity index (χ4n) is 11.2. The van der Waals surface area contributed by atoms with Crippen LogP contribution in [0.5, 0.6) is 0 Å². The molecule has 5 aliphatic rings. The Labute approximate surface area is 360 Å². The average Bonchev–Trinajstić information content (AvgIpc) is 3.45. The topological polar surface area (TPSA) is 199 Å². The SMILES string of the molecule is CC(CCC1(C(C)C)CC1C)[C@H]1CC[C@@]2(C)[C@@H]3C[C@H](OS(=O)(=O)[O-])[C@H]4C[C@H](OS(=O)(=O)[O-])[C@@H](OS(=O)(=O)[O-])C[C@]4(C)C3=CC[C@]12C.[Na+].[Na+].[Na+]. The molecule has 5 aliphatic carbocycles. The maximum Gasteiger partial charge on any atom is 1.00 e. The second-order valence-electron chi connectivity index (χ2n) is 16.2. The van der Waals surface area contributed by atoms with Crippen LogP contribution in [0.25, 0.3) is 0 Å². The van der Waals surface area contributed by atoms with E-state index in [9.17, 15) is 38.9 Å². The molecule has 266 valence electrons. The van der Waals surface area contributed by atoms with Crippen molar-refractivity contribution in [2.45, 2.75) is 125 Å². The van der Waals surface area contributed by atoms with Crippen molar-refractivity contribution in [3.8, 4) is 0 Å². The molecule has 3 unspecified atom stereocenters. The van der Waals surface area contributed by atoms with E-state index in [4.69, 9.17) is 8.37 Å². The first-order valence-corrected chi connectivity index (χ1v) is 20.5. The maximum atomic E-state index is 12.0. The number of hydrogen-bond acceptors (Lipinski definition) is 12. The quantitative estimate of drug-likeness (QED) is 0.0851. The summed E-state index contributed by atoms with van der Waals surface area (Å²) in [6, 6.07) is 0. The zero-order valence-electron chi connectivity index (χ0n) is 30.8. The Balaban J connectivity index is 0.00000278. The van der Waals surface area contributed by atoms with Crippen LogP contribution >= 0.6 is 0 Å². The predicted octanol–water partition coefficient (Wildman–Crippen LogP) is -4.18. The predicted molar refractivity (Wildman–Crippen MR) is 164 cm³/mol. The van der Waals surface area contributed by atoms with Gasteiger partial charge in [-0.15, -0.1) is 0 Å². The summed E-state index contributed by atoms with van der Waals surface area (Å²) < 4.78 is 121. The van der Waals surface area contributed by atoms with Crippen LogP contribution in [0.2, 0.25) is 0 Å². The fourth-order valence-corrected chi connectivity index (χ4v) is 12.8. The molecule has 12 atom stereocenters. The van der Waals surface area contributed by atoms with Gasteiger partial charge in [0.05, 0.1) is 6.10 Å². The van der Waals surface area contributed by atoms with Gasteiger partial charge in [-0.05, 0) is 115 Å². The van der Waals surface area contributed by atoms with Crippen molar-refractivity contribution in [2.75, 3.05) is 0 Å². The van der Waals surface area contributed by atoms with Crippen LogP contribution in [0.3, 0.4) is 0 Å². The minimum atomic E-state index is -5.37. The van der Waals surface area contributed by atoms with Gasteiger partial charge in [0.2, 0.25) is 31.2 Å². The molecule has 4 fully saturated rings. The summed E-state index contributed by atoms with van der Waals surface area (Å²) in [6.07, 6.45) is 3.28. The molecule has 0 bridgehead atoms. The second kappa shape index (κ2) is 16.1. The molecule has 0 N–H and O–H groups in total. The molecule has 0 spiro atoms. The van der Waals surface area contributed by atoms with Crippen LogP contribution in [0.1, 0.15) is 106 Å². The summed E-state index contributed by atoms with van der Waals surface area (Å²) in [6.45, 7) is 15.6. The van der Waals surface area contributed by atoms with Crippen molar-refractivity contribution in [1.29, 1.82) is 0 Å². The van der Waals surface area contributed by atoms with Gasteiger partial charge < -0.3 is 13.7 Å².